The highest BCUT2D eigenvalue weighted by Gasteiger charge is 2.24. The minimum Gasteiger partial charge on any atom is -0.493 e. The number of halogens is 2. The highest BCUT2D eigenvalue weighted by molar-refractivity contribution is 7.99. The van der Waals surface area contributed by atoms with Gasteiger partial charge in [-0.2, -0.15) is 11.8 Å². The van der Waals surface area contributed by atoms with Crippen molar-refractivity contribution >= 4 is 29.3 Å². The zero-order valence-corrected chi connectivity index (χ0v) is 11.5. The summed E-state index contributed by atoms with van der Waals surface area (Å²) in [4.78, 5) is 14.0. The van der Waals surface area contributed by atoms with Crippen LogP contribution in [0.15, 0.2) is 12.1 Å². The Hall–Kier alpha value is -0.940. The first-order valence-electron chi connectivity index (χ1n) is 5.54. The molecule has 3 nitrogen and oxygen atoms in total. The number of ether oxygens (including phenoxy) is 1. The van der Waals surface area contributed by atoms with Crippen LogP contribution >= 0.6 is 23.4 Å². The van der Waals surface area contributed by atoms with E-state index in [1.807, 2.05) is 0 Å². The molecule has 0 bridgehead atoms. The second-order valence-corrected chi connectivity index (χ2v) is 5.48. The molecule has 0 aliphatic carbocycles. The van der Waals surface area contributed by atoms with Gasteiger partial charge in [0.15, 0.2) is 11.6 Å². The molecule has 1 aliphatic heterocycles. The Kier molecular flexibility index (Phi) is 4.35. The number of hydrogen-bond donors (Lipinski definition) is 0. The lowest BCUT2D eigenvalue weighted by Gasteiger charge is -2.27. The van der Waals surface area contributed by atoms with Crippen LogP contribution in [-0.4, -0.2) is 42.5 Å². The first kappa shape index (κ1) is 13.5. The van der Waals surface area contributed by atoms with Crippen molar-refractivity contribution in [2.24, 2.45) is 0 Å². The summed E-state index contributed by atoms with van der Waals surface area (Å²) >= 11 is 7.48. The Morgan fingerprint density at radius 1 is 1.44 bits per heavy atom. The van der Waals surface area contributed by atoms with Crippen molar-refractivity contribution in [2.45, 2.75) is 0 Å². The first-order valence-corrected chi connectivity index (χ1v) is 7.07. The summed E-state index contributed by atoms with van der Waals surface area (Å²) in [5.41, 5.74) is 0.228. The van der Waals surface area contributed by atoms with Gasteiger partial charge in [0.25, 0.3) is 5.91 Å². The van der Waals surface area contributed by atoms with Crippen LogP contribution in [0, 0.1) is 5.82 Å². The maximum atomic E-state index is 13.8. The van der Waals surface area contributed by atoms with E-state index >= 15 is 0 Å². The lowest BCUT2D eigenvalue weighted by atomic mass is 10.1. The zero-order chi connectivity index (χ0) is 13.1. The number of amides is 1. The minimum atomic E-state index is -0.684. The molecule has 0 N–H and O–H groups in total. The summed E-state index contributed by atoms with van der Waals surface area (Å²) in [5.74, 6) is 0.846. The van der Waals surface area contributed by atoms with Gasteiger partial charge >= 0.3 is 0 Å². The molecule has 1 amide bonds. The minimum absolute atomic E-state index is 0.0439. The smallest absolute Gasteiger partial charge is 0.257 e. The molecule has 1 heterocycles. The molecule has 0 radical (unpaired) electrons. The summed E-state index contributed by atoms with van der Waals surface area (Å²) in [7, 11) is 1.33. The molecule has 1 saturated heterocycles. The number of carbonyl (C=O) groups excluding carboxylic acids is 1. The SMILES string of the molecule is COc1c(C(=O)N2CCSCC2)ccc(Cl)c1F. The molecular formula is C12H13ClFNO2S. The Morgan fingerprint density at radius 2 is 2.11 bits per heavy atom. The van der Waals surface area contributed by atoms with Gasteiger partial charge in [0, 0.05) is 24.6 Å². The second kappa shape index (κ2) is 5.80. The normalized spacial score (nSPS) is 15.6. The van der Waals surface area contributed by atoms with Crippen LogP contribution in [0.5, 0.6) is 5.75 Å². The summed E-state index contributed by atoms with van der Waals surface area (Å²) in [6.45, 7) is 1.35. The van der Waals surface area contributed by atoms with Crippen molar-refractivity contribution in [1.82, 2.24) is 4.90 Å². The lowest BCUT2D eigenvalue weighted by Crippen LogP contribution is -2.38. The Morgan fingerprint density at radius 3 is 2.72 bits per heavy atom. The predicted octanol–water partition coefficient (Wildman–Crippen LogP) is 2.68. The molecule has 0 spiro atoms. The van der Waals surface area contributed by atoms with Gasteiger partial charge in [0.1, 0.15) is 0 Å². The van der Waals surface area contributed by atoms with Crippen molar-refractivity contribution in [1.29, 1.82) is 0 Å². The van der Waals surface area contributed by atoms with E-state index in [0.29, 0.717) is 13.1 Å². The number of carbonyl (C=O) groups is 1. The van der Waals surface area contributed by atoms with Crippen molar-refractivity contribution in [3.63, 3.8) is 0 Å². The molecule has 1 fully saturated rings. The molecule has 1 aromatic carbocycles. The third-order valence-electron chi connectivity index (χ3n) is 2.78. The van der Waals surface area contributed by atoms with Gasteiger partial charge in [-0.3, -0.25) is 4.79 Å². The van der Waals surface area contributed by atoms with Gasteiger partial charge in [-0.25, -0.2) is 4.39 Å². The largest absolute Gasteiger partial charge is 0.493 e. The average molecular weight is 290 g/mol. The fraction of sp³-hybridized carbons (Fsp3) is 0.417. The highest BCUT2D eigenvalue weighted by Crippen LogP contribution is 2.30. The fourth-order valence-electron chi connectivity index (χ4n) is 1.84. The van der Waals surface area contributed by atoms with Gasteiger partial charge in [-0.05, 0) is 12.1 Å². The van der Waals surface area contributed by atoms with Crippen LogP contribution in [0.25, 0.3) is 0 Å². The van der Waals surface area contributed by atoms with E-state index in [1.54, 1.807) is 16.7 Å². The second-order valence-electron chi connectivity index (χ2n) is 3.85. The maximum Gasteiger partial charge on any atom is 0.257 e. The van der Waals surface area contributed by atoms with E-state index in [9.17, 15) is 9.18 Å². The molecule has 0 saturated carbocycles. The van der Waals surface area contributed by atoms with Crippen LogP contribution in [0.4, 0.5) is 4.39 Å². The van der Waals surface area contributed by atoms with Crippen LogP contribution in [0.3, 0.4) is 0 Å². The van der Waals surface area contributed by atoms with Gasteiger partial charge in [-0.1, -0.05) is 11.6 Å². The van der Waals surface area contributed by atoms with Gasteiger partial charge in [0.05, 0.1) is 17.7 Å². The molecular weight excluding hydrogens is 277 g/mol. The molecule has 0 aromatic heterocycles. The first-order chi connectivity index (χ1) is 8.65. The number of methoxy groups -OCH3 is 1. The monoisotopic (exact) mass is 289 g/mol. The van der Waals surface area contributed by atoms with E-state index < -0.39 is 5.82 Å². The van der Waals surface area contributed by atoms with E-state index in [0.717, 1.165) is 11.5 Å². The Labute approximate surface area is 114 Å². The molecule has 18 heavy (non-hydrogen) atoms. The summed E-state index contributed by atoms with van der Waals surface area (Å²) in [6, 6.07) is 2.89. The lowest BCUT2D eigenvalue weighted by molar-refractivity contribution is 0.0768. The molecule has 98 valence electrons. The third kappa shape index (κ3) is 2.57. The summed E-state index contributed by atoms with van der Waals surface area (Å²) in [5, 5.41) is -0.0439. The fourth-order valence-corrected chi connectivity index (χ4v) is 2.89. The zero-order valence-electron chi connectivity index (χ0n) is 9.91. The number of hydrogen-bond acceptors (Lipinski definition) is 3. The molecule has 1 aromatic rings. The molecule has 0 unspecified atom stereocenters. The van der Waals surface area contributed by atoms with Gasteiger partial charge in [0.2, 0.25) is 0 Å². The van der Waals surface area contributed by atoms with Crippen molar-refractivity contribution in [3.8, 4) is 5.75 Å². The average Bonchev–Trinajstić information content (AvgIpc) is 2.42. The number of rotatable bonds is 2. The number of benzene rings is 1. The maximum absolute atomic E-state index is 13.8. The molecule has 2 rings (SSSR count). The van der Waals surface area contributed by atoms with Crippen LogP contribution in [0.1, 0.15) is 10.4 Å². The number of thioether (sulfide) groups is 1. The molecule has 1 aliphatic rings. The van der Waals surface area contributed by atoms with Crippen LogP contribution in [0.2, 0.25) is 5.02 Å². The number of nitrogens with zero attached hydrogens (tertiary/aromatic N) is 1. The Balaban J connectivity index is 2.32. The summed E-state index contributed by atoms with van der Waals surface area (Å²) in [6.07, 6.45) is 0. The Bertz CT molecular complexity index is 464. The topological polar surface area (TPSA) is 29.5 Å². The van der Waals surface area contributed by atoms with Crippen molar-refractivity contribution < 1.29 is 13.9 Å². The predicted molar refractivity (Wildman–Crippen MR) is 71.2 cm³/mol. The van der Waals surface area contributed by atoms with Crippen LogP contribution < -0.4 is 4.74 Å². The molecule has 6 heteroatoms. The van der Waals surface area contributed by atoms with Crippen molar-refractivity contribution in [3.05, 3.63) is 28.5 Å². The van der Waals surface area contributed by atoms with Gasteiger partial charge < -0.3 is 9.64 Å². The third-order valence-corrected chi connectivity index (χ3v) is 4.02. The standard InChI is InChI=1S/C12H13ClFNO2S/c1-17-11-8(2-3-9(13)10(11)14)12(16)15-4-6-18-7-5-15/h2-3H,4-7H2,1H3. The van der Waals surface area contributed by atoms with E-state index in [1.165, 1.54) is 19.2 Å². The van der Waals surface area contributed by atoms with Crippen LogP contribution in [-0.2, 0) is 0 Å². The van der Waals surface area contributed by atoms with E-state index in [2.05, 4.69) is 0 Å². The highest BCUT2D eigenvalue weighted by atomic mass is 35.5. The van der Waals surface area contributed by atoms with E-state index in [-0.39, 0.29) is 22.2 Å². The quantitative estimate of drug-likeness (QED) is 0.838. The van der Waals surface area contributed by atoms with E-state index in [4.69, 9.17) is 16.3 Å². The van der Waals surface area contributed by atoms with Crippen molar-refractivity contribution in [2.75, 3.05) is 31.7 Å². The molecule has 0 atom stereocenters. The summed E-state index contributed by atoms with van der Waals surface area (Å²) < 4.78 is 18.7. The van der Waals surface area contributed by atoms with Gasteiger partial charge in [-0.15, -0.1) is 0 Å².